The van der Waals surface area contributed by atoms with E-state index in [1.807, 2.05) is 11.8 Å². The first kappa shape index (κ1) is 15.5. The van der Waals surface area contributed by atoms with Crippen LogP contribution in [-0.2, 0) is 0 Å². The fourth-order valence-electron chi connectivity index (χ4n) is 1.95. The summed E-state index contributed by atoms with van der Waals surface area (Å²) in [6.45, 7) is 5.80. The van der Waals surface area contributed by atoms with Crippen LogP contribution in [0.5, 0.6) is 0 Å². The van der Waals surface area contributed by atoms with E-state index in [2.05, 4.69) is 49.5 Å². The van der Waals surface area contributed by atoms with E-state index in [1.165, 1.54) is 5.56 Å². The van der Waals surface area contributed by atoms with E-state index in [-0.39, 0.29) is 6.61 Å². The summed E-state index contributed by atoms with van der Waals surface area (Å²) in [5.41, 5.74) is 1.36. The topological polar surface area (TPSA) is 32.3 Å². The number of aliphatic hydroxyl groups excluding tert-OH is 1. The Kier molecular flexibility index (Phi) is 8.14. The van der Waals surface area contributed by atoms with Gasteiger partial charge >= 0.3 is 0 Å². The van der Waals surface area contributed by atoms with Crippen LogP contribution in [0.15, 0.2) is 30.3 Å². The molecule has 0 spiro atoms. The summed E-state index contributed by atoms with van der Waals surface area (Å²) >= 11 is 1.93. The van der Waals surface area contributed by atoms with Gasteiger partial charge in [-0.3, -0.25) is 0 Å². The second-order valence-electron chi connectivity index (χ2n) is 4.50. The average molecular weight is 267 g/mol. The molecule has 0 heterocycles. The van der Waals surface area contributed by atoms with Crippen LogP contribution in [0.3, 0.4) is 0 Å². The van der Waals surface area contributed by atoms with Crippen molar-refractivity contribution in [1.29, 1.82) is 0 Å². The quantitative estimate of drug-likeness (QED) is 0.674. The highest BCUT2D eigenvalue weighted by molar-refractivity contribution is 7.99. The molecule has 0 aliphatic carbocycles. The Morgan fingerprint density at radius 2 is 2.00 bits per heavy atom. The predicted octanol–water partition coefficient (Wildman–Crippen LogP) is 3.23. The molecule has 0 aliphatic heterocycles. The number of hydrogen-bond donors (Lipinski definition) is 2. The summed E-state index contributed by atoms with van der Waals surface area (Å²) in [6.07, 6.45) is 2.03. The van der Waals surface area contributed by atoms with E-state index in [1.54, 1.807) is 0 Å². The summed E-state index contributed by atoms with van der Waals surface area (Å²) in [5, 5.41) is 13.0. The van der Waals surface area contributed by atoms with Crippen LogP contribution in [-0.4, -0.2) is 29.3 Å². The van der Waals surface area contributed by atoms with Crippen LogP contribution >= 0.6 is 11.8 Å². The molecular formula is C15H25NOS. The van der Waals surface area contributed by atoms with Crippen LogP contribution in [0, 0.1) is 0 Å². The summed E-state index contributed by atoms with van der Waals surface area (Å²) in [4.78, 5) is 0. The van der Waals surface area contributed by atoms with Gasteiger partial charge in [-0.2, -0.15) is 11.8 Å². The lowest BCUT2D eigenvalue weighted by molar-refractivity contribution is 0.296. The summed E-state index contributed by atoms with van der Waals surface area (Å²) in [5.74, 6) is 1.02. The lowest BCUT2D eigenvalue weighted by Gasteiger charge is -2.25. The number of nitrogens with one attached hydrogen (secondary N) is 1. The van der Waals surface area contributed by atoms with E-state index in [9.17, 15) is 0 Å². The molecular weight excluding hydrogens is 242 g/mol. The highest BCUT2D eigenvalue weighted by atomic mass is 32.2. The Morgan fingerprint density at radius 3 is 2.61 bits per heavy atom. The molecule has 0 radical (unpaired) electrons. The van der Waals surface area contributed by atoms with Gasteiger partial charge in [0.05, 0.1) is 0 Å². The van der Waals surface area contributed by atoms with Crippen molar-refractivity contribution >= 4 is 11.8 Å². The first-order valence-corrected chi connectivity index (χ1v) is 7.85. The zero-order chi connectivity index (χ0) is 13.2. The van der Waals surface area contributed by atoms with Crippen molar-refractivity contribution in [2.24, 2.45) is 0 Å². The zero-order valence-electron chi connectivity index (χ0n) is 11.4. The molecule has 102 valence electrons. The van der Waals surface area contributed by atoms with Gasteiger partial charge in [0.1, 0.15) is 0 Å². The number of thioether (sulfide) groups is 1. The highest BCUT2D eigenvalue weighted by Crippen LogP contribution is 2.26. The van der Waals surface area contributed by atoms with E-state index in [0.29, 0.717) is 11.3 Å². The summed E-state index contributed by atoms with van der Waals surface area (Å²) in [7, 11) is 0. The van der Waals surface area contributed by atoms with E-state index in [4.69, 9.17) is 5.11 Å². The van der Waals surface area contributed by atoms with Gasteiger partial charge in [-0.15, -0.1) is 0 Å². The predicted molar refractivity (Wildman–Crippen MR) is 81.1 cm³/mol. The Hall–Kier alpha value is -0.510. The molecule has 1 aromatic carbocycles. The molecule has 0 aromatic heterocycles. The smallest absolute Gasteiger partial charge is 0.0438 e. The summed E-state index contributed by atoms with van der Waals surface area (Å²) < 4.78 is 0. The third-order valence-electron chi connectivity index (χ3n) is 2.93. The van der Waals surface area contributed by atoms with Crippen molar-refractivity contribution in [3.63, 3.8) is 0 Å². The molecule has 2 nitrogen and oxygen atoms in total. The second kappa shape index (κ2) is 9.42. The fourth-order valence-corrected chi connectivity index (χ4v) is 3.06. The molecule has 0 fully saturated rings. The van der Waals surface area contributed by atoms with Gasteiger partial charge in [-0.05, 0) is 30.7 Å². The van der Waals surface area contributed by atoms with Crippen LogP contribution in [0.1, 0.15) is 38.3 Å². The first-order valence-electron chi connectivity index (χ1n) is 6.80. The van der Waals surface area contributed by atoms with Crippen LogP contribution in [0.4, 0.5) is 0 Å². The largest absolute Gasteiger partial charge is 0.396 e. The third kappa shape index (κ3) is 5.42. The average Bonchev–Trinajstić information content (AvgIpc) is 2.41. The minimum absolute atomic E-state index is 0.290. The van der Waals surface area contributed by atoms with Crippen molar-refractivity contribution < 1.29 is 5.11 Å². The maximum absolute atomic E-state index is 8.85. The molecule has 2 unspecified atom stereocenters. The molecule has 1 aromatic rings. The van der Waals surface area contributed by atoms with E-state index in [0.717, 1.165) is 25.1 Å². The lowest BCUT2D eigenvalue weighted by atomic mass is 10.0. The maximum atomic E-state index is 8.85. The molecule has 3 heteroatoms. The van der Waals surface area contributed by atoms with Gasteiger partial charge in [0.25, 0.3) is 0 Å². The SMILES string of the molecule is CCCNC(c1ccccc1)C(C)SCCCO. The van der Waals surface area contributed by atoms with Crippen LogP contribution < -0.4 is 5.32 Å². The fraction of sp³-hybridized carbons (Fsp3) is 0.600. The number of aliphatic hydroxyl groups is 1. The zero-order valence-corrected chi connectivity index (χ0v) is 12.2. The molecule has 18 heavy (non-hydrogen) atoms. The van der Waals surface area contributed by atoms with Crippen molar-refractivity contribution in [2.75, 3.05) is 18.9 Å². The van der Waals surface area contributed by atoms with E-state index >= 15 is 0 Å². The van der Waals surface area contributed by atoms with Gasteiger partial charge in [0.15, 0.2) is 0 Å². The molecule has 2 N–H and O–H groups in total. The maximum Gasteiger partial charge on any atom is 0.0438 e. The van der Waals surface area contributed by atoms with Crippen molar-refractivity contribution in [1.82, 2.24) is 5.32 Å². The molecule has 0 saturated heterocycles. The van der Waals surface area contributed by atoms with Gasteiger partial charge in [-0.1, -0.05) is 44.2 Å². The summed E-state index contributed by atoms with van der Waals surface area (Å²) in [6, 6.07) is 11.0. The monoisotopic (exact) mass is 267 g/mol. The Labute approximate surface area is 115 Å². The van der Waals surface area contributed by atoms with Gasteiger partial charge in [0, 0.05) is 17.9 Å². The van der Waals surface area contributed by atoms with Crippen LogP contribution in [0.25, 0.3) is 0 Å². The van der Waals surface area contributed by atoms with Gasteiger partial charge < -0.3 is 10.4 Å². The molecule has 1 rings (SSSR count). The third-order valence-corrected chi connectivity index (χ3v) is 4.25. The number of hydrogen-bond acceptors (Lipinski definition) is 3. The Bertz CT molecular complexity index is 305. The van der Waals surface area contributed by atoms with Crippen molar-refractivity contribution in [2.45, 2.75) is 38.0 Å². The second-order valence-corrected chi connectivity index (χ2v) is 5.98. The minimum atomic E-state index is 0.290. The van der Waals surface area contributed by atoms with Gasteiger partial charge in [-0.25, -0.2) is 0 Å². The van der Waals surface area contributed by atoms with Gasteiger partial charge in [0.2, 0.25) is 0 Å². The van der Waals surface area contributed by atoms with Crippen LogP contribution in [0.2, 0.25) is 0 Å². The molecule has 0 saturated carbocycles. The number of benzene rings is 1. The molecule has 0 bridgehead atoms. The number of rotatable bonds is 9. The van der Waals surface area contributed by atoms with Crippen molar-refractivity contribution in [3.05, 3.63) is 35.9 Å². The molecule has 2 atom stereocenters. The lowest BCUT2D eigenvalue weighted by Crippen LogP contribution is -2.29. The Morgan fingerprint density at radius 1 is 1.28 bits per heavy atom. The normalized spacial score (nSPS) is 14.4. The minimum Gasteiger partial charge on any atom is -0.396 e. The first-order chi connectivity index (χ1) is 8.79. The molecule has 0 aliphatic rings. The van der Waals surface area contributed by atoms with Crippen molar-refractivity contribution in [3.8, 4) is 0 Å². The Balaban J connectivity index is 2.59. The molecule has 0 amide bonds. The van der Waals surface area contributed by atoms with E-state index < -0.39 is 0 Å². The standard InChI is InChI=1S/C15H25NOS/c1-3-10-16-15(13(2)18-12-7-11-17)14-8-5-4-6-9-14/h4-6,8-9,13,15-17H,3,7,10-12H2,1-2H3. The highest BCUT2D eigenvalue weighted by Gasteiger charge is 2.18.